The van der Waals surface area contributed by atoms with Crippen LogP contribution in [0.2, 0.25) is 0 Å². The molecule has 2 aliphatic rings. The summed E-state index contributed by atoms with van der Waals surface area (Å²) in [5.74, 6) is -0.430. The quantitative estimate of drug-likeness (QED) is 0.363. The lowest BCUT2D eigenvalue weighted by molar-refractivity contribution is -0.132. The number of carbonyl (C=O) groups excluding carboxylic acids is 2. The zero-order valence-corrected chi connectivity index (χ0v) is 21.1. The van der Waals surface area contributed by atoms with Gasteiger partial charge in [0.25, 0.3) is 5.91 Å². The second-order valence-electron chi connectivity index (χ2n) is 10.7. The molecular weight excluding hydrogens is 466 g/mol. The number of para-hydroxylation sites is 1. The topological polar surface area (TPSA) is 106 Å². The van der Waals surface area contributed by atoms with Crippen LogP contribution in [-0.4, -0.2) is 36.9 Å². The van der Waals surface area contributed by atoms with Crippen molar-refractivity contribution in [3.8, 4) is 0 Å². The van der Waals surface area contributed by atoms with Crippen molar-refractivity contribution in [2.45, 2.75) is 44.1 Å². The highest BCUT2D eigenvalue weighted by atomic mass is 16.2. The zero-order valence-electron chi connectivity index (χ0n) is 21.1. The van der Waals surface area contributed by atoms with Crippen LogP contribution in [0.5, 0.6) is 0 Å². The van der Waals surface area contributed by atoms with E-state index in [-0.39, 0.29) is 17.2 Å². The van der Waals surface area contributed by atoms with Gasteiger partial charge in [0.05, 0.1) is 29.3 Å². The molecule has 0 saturated heterocycles. The maximum Gasteiger partial charge on any atom is 0.252 e. The molecule has 0 unspecified atom stereocenters. The fraction of sp³-hybridized carbons (Fsp3) is 0.357. The minimum Gasteiger partial charge on any atom is -0.354 e. The molecule has 2 aliphatic carbocycles. The largest absolute Gasteiger partial charge is 0.354 e. The van der Waals surface area contributed by atoms with E-state index in [1.807, 2.05) is 54.3 Å². The van der Waals surface area contributed by atoms with E-state index in [9.17, 15) is 9.59 Å². The molecular formula is C28H31N7O2. The molecule has 2 amide bonds. The Balaban J connectivity index is 1.23. The molecule has 6 rings (SSSR count). The van der Waals surface area contributed by atoms with E-state index in [1.165, 1.54) is 12.8 Å². The first-order valence-corrected chi connectivity index (χ1v) is 12.8. The third kappa shape index (κ3) is 4.24. The van der Waals surface area contributed by atoms with Crippen molar-refractivity contribution in [3.05, 3.63) is 66.6 Å². The first-order valence-electron chi connectivity index (χ1n) is 12.8. The van der Waals surface area contributed by atoms with Crippen LogP contribution < -0.4 is 16.0 Å². The van der Waals surface area contributed by atoms with Gasteiger partial charge in [0.1, 0.15) is 5.54 Å². The fourth-order valence-electron chi connectivity index (χ4n) is 6.27. The van der Waals surface area contributed by atoms with Gasteiger partial charge in [0.15, 0.2) is 0 Å². The molecule has 9 nitrogen and oxygen atoms in total. The van der Waals surface area contributed by atoms with Crippen LogP contribution in [-0.2, 0) is 18.9 Å². The zero-order chi connectivity index (χ0) is 25.6. The number of nitrogens with one attached hydrogen (secondary N) is 3. The van der Waals surface area contributed by atoms with Crippen LogP contribution in [0.1, 0.15) is 48.9 Å². The third-order valence-electron chi connectivity index (χ3n) is 7.93. The molecule has 0 bridgehead atoms. The Bertz CT molecular complexity index is 1490. The summed E-state index contributed by atoms with van der Waals surface area (Å²) in [6, 6.07) is 13.4. The van der Waals surface area contributed by atoms with Crippen molar-refractivity contribution in [2.24, 2.45) is 19.5 Å². The van der Waals surface area contributed by atoms with Gasteiger partial charge in [-0.2, -0.15) is 10.2 Å². The number of rotatable bonds is 6. The summed E-state index contributed by atoms with van der Waals surface area (Å²) >= 11 is 0. The van der Waals surface area contributed by atoms with E-state index in [4.69, 9.17) is 0 Å². The molecule has 2 aromatic carbocycles. The van der Waals surface area contributed by atoms with E-state index in [2.05, 4.69) is 26.1 Å². The van der Waals surface area contributed by atoms with Gasteiger partial charge in [0.2, 0.25) is 5.91 Å². The third-order valence-corrected chi connectivity index (χ3v) is 7.93. The molecule has 37 heavy (non-hydrogen) atoms. The molecule has 2 fully saturated rings. The lowest BCUT2D eigenvalue weighted by Gasteiger charge is -2.53. The van der Waals surface area contributed by atoms with Crippen molar-refractivity contribution in [1.29, 1.82) is 0 Å². The predicted molar refractivity (Wildman–Crippen MR) is 143 cm³/mol. The van der Waals surface area contributed by atoms with Gasteiger partial charge in [0, 0.05) is 36.9 Å². The fourth-order valence-corrected chi connectivity index (χ4v) is 6.27. The van der Waals surface area contributed by atoms with Crippen molar-refractivity contribution in [2.75, 3.05) is 10.6 Å². The summed E-state index contributed by atoms with van der Waals surface area (Å²) in [6.45, 7) is 0. The van der Waals surface area contributed by atoms with Crippen LogP contribution in [0.15, 0.2) is 61.1 Å². The van der Waals surface area contributed by atoms with Crippen LogP contribution >= 0.6 is 0 Å². The number of nitrogens with zero attached hydrogens (tertiary/aromatic N) is 4. The van der Waals surface area contributed by atoms with Crippen LogP contribution in [0.3, 0.4) is 0 Å². The second-order valence-corrected chi connectivity index (χ2v) is 10.7. The van der Waals surface area contributed by atoms with Crippen molar-refractivity contribution in [1.82, 2.24) is 24.9 Å². The summed E-state index contributed by atoms with van der Waals surface area (Å²) in [4.78, 5) is 27.0. The molecule has 0 aliphatic heterocycles. The molecule has 4 aromatic rings. The number of carbonyl (C=O) groups is 2. The molecule has 2 heterocycles. The molecule has 0 radical (unpaired) electrons. The maximum atomic E-state index is 13.5. The predicted octanol–water partition coefficient (Wildman–Crippen LogP) is 4.51. The number of aromatic nitrogens is 4. The van der Waals surface area contributed by atoms with Crippen LogP contribution in [0.4, 0.5) is 17.1 Å². The Hall–Kier alpha value is -4.14. The number of aryl methyl sites for hydroxylation is 2. The first-order chi connectivity index (χ1) is 17.8. The lowest BCUT2D eigenvalue weighted by atomic mass is 9.55. The molecule has 9 heteroatoms. The first kappa shape index (κ1) is 23.3. The van der Waals surface area contributed by atoms with E-state index < -0.39 is 5.54 Å². The van der Waals surface area contributed by atoms with Crippen molar-refractivity contribution >= 4 is 39.8 Å². The molecule has 3 N–H and O–H groups in total. The number of hydrogen-bond acceptors (Lipinski definition) is 5. The smallest absolute Gasteiger partial charge is 0.252 e. The molecule has 1 spiro atoms. The Morgan fingerprint density at radius 3 is 2.49 bits per heavy atom. The highest BCUT2D eigenvalue weighted by Crippen LogP contribution is 2.58. The number of fused-ring (bicyclic) bond motifs is 1. The average molecular weight is 498 g/mol. The van der Waals surface area contributed by atoms with E-state index in [0.29, 0.717) is 24.1 Å². The normalized spacial score (nSPS) is 17.5. The van der Waals surface area contributed by atoms with Gasteiger partial charge < -0.3 is 16.0 Å². The van der Waals surface area contributed by atoms with Gasteiger partial charge in [-0.1, -0.05) is 31.0 Å². The van der Waals surface area contributed by atoms with Gasteiger partial charge in [-0.05, 0) is 55.4 Å². The second kappa shape index (κ2) is 8.76. The van der Waals surface area contributed by atoms with E-state index in [1.54, 1.807) is 30.2 Å². The van der Waals surface area contributed by atoms with E-state index >= 15 is 0 Å². The monoisotopic (exact) mass is 497 g/mol. The van der Waals surface area contributed by atoms with Crippen LogP contribution in [0.25, 0.3) is 10.9 Å². The minimum absolute atomic E-state index is 0.157. The summed E-state index contributed by atoms with van der Waals surface area (Å²) in [5.41, 5.74) is 3.04. The molecule has 2 saturated carbocycles. The van der Waals surface area contributed by atoms with Gasteiger partial charge in [-0.15, -0.1) is 0 Å². The van der Waals surface area contributed by atoms with Crippen molar-refractivity contribution in [3.63, 3.8) is 0 Å². The SMILES string of the molecule is Cn1cc(NC(=O)C2(NC(=O)c3cccc(Nc4cccc5cnn(C)c45)c3)CC3(CCCC3)C2)cn1. The lowest BCUT2D eigenvalue weighted by Crippen LogP contribution is -2.67. The Morgan fingerprint density at radius 2 is 1.73 bits per heavy atom. The number of amides is 2. The Kier molecular flexibility index (Phi) is 5.51. The number of anilines is 3. The van der Waals surface area contributed by atoms with Crippen molar-refractivity contribution < 1.29 is 9.59 Å². The molecule has 190 valence electrons. The summed E-state index contributed by atoms with van der Waals surface area (Å²) in [5, 5.41) is 19.1. The summed E-state index contributed by atoms with van der Waals surface area (Å²) in [7, 11) is 3.71. The highest BCUT2D eigenvalue weighted by Gasteiger charge is 2.60. The van der Waals surface area contributed by atoms with Crippen LogP contribution in [0, 0.1) is 5.41 Å². The minimum atomic E-state index is -0.930. The summed E-state index contributed by atoms with van der Waals surface area (Å²) in [6.07, 6.45) is 11.1. The number of benzene rings is 2. The summed E-state index contributed by atoms with van der Waals surface area (Å²) < 4.78 is 3.47. The average Bonchev–Trinajstić information content (AvgIpc) is 3.60. The highest BCUT2D eigenvalue weighted by molar-refractivity contribution is 6.05. The molecule has 0 atom stereocenters. The maximum absolute atomic E-state index is 13.5. The number of hydrogen-bond donors (Lipinski definition) is 3. The van der Waals surface area contributed by atoms with E-state index in [0.717, 1.165) is 35.1 Å². The Morgan fingerprint density at radius 1 is 0.946 bits per heavy atom. The molecule has 2 aromatic heterocycles. The van der Waals surface area contributed by atoms with Gasteiger partial charge in [-0.3, -0.25) is 19.0 Å². The van der Waals surface area contributed by atoms with Gasteiger partial charge in [-0.25, -0.2) is 0 Å². The standard InChI is InChI=1S/C28H31N7O2/c1-34-16-22(15-29-34)32-26(37)28(17-27(18-28)11-3-4-12-27)33-25(36)19-7-5-9-21(13-19)31-23-10-6-8-20-14-30-35(2)24(20)23/h5-10,13-16,31H,3-4,11-12,17-18H2,1-2H3,(H,32,37)(H,33,36). The van der Waals surface area contributed by atoms with Gasteiger partial charge >= 0.3 is 0 Å². The Labute approximate surface area is 215 Å².